The van der Waals surface area contributed by atoms with Crippen molar-refractivity contribution in [3.8, 4) is 0 Å². The molecule has 0 aliphatic carbocycles. The molecule has 1 aliphatic heterocycles. The van der Waals surface area contributed by atoms with Gasteiger partial charge in [0.25, 0.3) is 0 Å². The third kappa shape index (κ3) is 3.02. The van der Waals surface area contributed by atoms with Gasteiger partial charge in [-0.05, 0) is 39.2 Å². The van der Waals surface area contributed by atoms with Crippen LogP contribution in [0.1, 0.15) is 31.7 Å². The smallest absolute Gasteiger partial charge is 0.0928 e. The van der Waals surface area contributed by atoms with Gasteiger partial charge in [0.05, 0.1) is 5.01 Å². The van der Waals surface area contributed by atoms with Crippen LogP contribution in [0.4, 0.5) is 0 Å². The first-order chi connectivity index (χ1) is 7.25. The molecule has 0 radical (unpaired) electrons. The minimum absolute atomic E-state index is 0.698. The molecule has 0 aromatic carbocycles. The molecule has 0 N–H and O–H groups in total. The molecular weight excluding hydrogens is 204 g/mol. The molecular formula is C12H20N2S. The summed E-state index contributed by atoms with van der Waals surface area (Å²) in [4.78, 5) is 6.98. The number of piperidine rings is 1. The van der Waals surface area contributed by atoms with E-state index in [0.29, 0.717) is 6.04 Å². The van der Waals surface area contributed by atoms with Crippen LogP contribution in [0, 0.1) is 5.92 Å². The van der Waals surface area contributed by atoms with E-state index in [2.05, 4.69) is 29.1 Å². The molecule has 1 saturated heterocycles. The third-order valence-electron chi connectivity index (χ3n) is 3.23. The number of likely N-dealkylation sites (tertiary alicyclic amines) is 1. The van der Waals surface area contributed by atoms with Crippen molar-refractivity contribution in [3.63, 3.8) is 0 Å². The van der Waals surface area contributed by atoms with Crippen molar-refractivity contribution in [1.29, 1.82) is 0 Å². The minimum Gasteiger partial charge on any atom is -0.301 e. The van der Waals surface area contributed by atoms with Crippen LogP contribution >= 0.6 is 11.3 Å². The summed E-state index contributed by atoms with van der Waals surface area (Å²) in [5, 5.41) is 3.39. The van der Waals surface area contributed by atoms with Gasteiger partial charge >= 0.3 is 0 Å². The Balaban J connectivity index is 1.88. The fourth-order valence-corrected chi connectivity index (χ4v) is 3.07. The van der Waals surface area contributed by atoms with Crippen LogP contribution in [0.25, 0.3) is 0 Å². The first-order valence-corrected chi connectivity index (χ1v) is 6.76. The molecule has 0 amide bonds. The highest BCUT2D eigenvalue weighted by molar-refractivity contribution is 7.09. The lowest BCUT2D eigenvalue weighted by Gasteiger charge is -2.35. The highest BCUT2D eigenvalue weighted by Crippen LogP contribution is 2.22. The van der Waals surface area contributed by atoms with Crippen LogP contribution in [0.15, 0.2) is 11.6 Å². The van der Waals surface area contributed by atoms with E-state index in [9.17, 15) is 0 Å². The van der Waals surface area contributed by atoms with Crippen LogP contribution in [0.2, 0.25) is 0 Å². The van der Waals surface area contributed by atoms with Crippen molar-refractivity contribution in [2.75, 3.05) is 13.1 Å². The molecule has 0 bridgehead atoms. The molecule has 0 spiro atoms. The second kappa shape index (κ2) is 5.08. The van der Waals surface area contributed by atoms with E-state index in [-0.39, 0.29) is 0 Å². The van der Waals surface area contributed by atoms with Gasteiger partial charge in [-0.15, -0.1) is 11.3 Å². The lowest BCUT2D eigenvalue weighted by atomic mass is 9.94. The Bertz CT molecular complexity index is 282. The zero-order valence-corrected chi connectivity index (χ0v) is 10.5. The third-order valence-corrected chi connectivity index (χ3v) is 4.03. The average molecular weight is 224 g/mol. The van der Waals surface area contributed by atoms with E-state index in [1.807, 2.05) is 6.20 Å². The van der Waals surface area contributed by atoms with Crippen LogP contribution in [0.3, 0.4) is 0 Å². The zero-order valence-electron chi connectivity index (χ0n) is 9.65. The average Bonchev–Trinajstić information content (AvgIpc) is 2.71. The van der Waals surface area contributed by atoms with Gasteiger partial charge in [0.2, 0.25) is 0 Å². The van der Waals surface area contributed by atoms with Crippen molar-refractivity contribution in [2.24, 2.45) is 5.92 Å². The largest absolute Gasteiger partial charge is 0.301 e. The highest BCUT2D eigenvalue weighted by atomic mass is 32.1. The van der Waals surface area contributed by atoms with E-state index < -0.39 is 0 Å². The molecule has 2 rings (SSSR count). The highest BCUT2D eigenvalue weighted by Gasteiger charge is 2.22. The first kappa shape index (κ1) is 11.1. The molecule has 3 heteroatoms. The van der Waals surface area contributed by atoms with Crippen molar-refractivity contribution < 1.29 is 0 Å². The topological polar surface area (TPSA) is 16.1 Å². The summed E-state index contributed by atoms with van der Waals surface area (Å²) in [6.45, 7) is 7.14. The fraction of sp³-hybridized carbons (Fsp3) is 0.750. The molecule has 0 saturated carbocycles. The second-order valence-electron chi connectivity index (χ2n) is 4.73. The molecule has 1 aromatic rings. The molecule has 1 unspecified atom stereocenters. The van der Waals surface area contributed by atoms with Crippen molar-refractivity contribution >= 4 is 11.3 Å². The maximum Gasteiger partial charge on any atom is 0.0928 e. The maximum absolute atomic E-state index is 4.38. The minimum atomic E-state index is 0.698. The molecule has 2 nitrogen and oxygen atoms in total. The molecule has 1 atom stereocenters. The second-order valence-corrected chi connectivity index (χ2v) is 5.71. The Labute approximate surface area is 96.3 Å². The lowest BCUT2D eigenvalue weighted by Crippen LogP contribution is -2.40. The quantitative estimate of drug-likeness (QED) is 0.785. The normalized spacial score (nSPS) is 23.5. The van der Waals surface area contributed by atoms with Gasteiger partial charge in [-0.2, -0.15) is 0 Å². The van der Waals surface area contributed by atoms with Crippen molar-refractivity contribution in [3.05, 3.63) is 16.6 Å². The van der Waals surface area contributed by atoms with Gasteiger partial charge in [-0.25, -0.2) is 4.98 Å². The fourth-order valence-electron chi connectivity index (χ4n) is 2.33. The standard InChI is InChI=1S/C12H20N2S/c1-10(2)14-6-3-4-11(9-14)8-12-13-5-7-15-12/h5,7,10-11H,3-4,6,8-9H2,1-2H3. The summed E-state index contributed by atoms with van der Waals surface area (Å²) >= 11 is 1.80. The van der Waals surface area contributed by atoms with E-state index in [4.69, 9.17) is 0 Å². The summed E-state index contributed by atoms with van der Waals surface area (Å²) in [7, 11) is 0. The Morgan fingerprint density at radius 2 is 2.47 bits per heavy atom. The first-order valence-electron chi connectivity index (χ1n) is 5.88. The van der Waals surface area contributed by atoms with Gasteiger partial charge in [0, 0.05) is 30.6 Å². The van der Waals surface area contributed by atoms with Gasteiger partial charge in [-0.3, -0.25) is 0 Å². The number of rotatable bonds is 3. The predicted octanol–water partition coefficient (Wildman–Crippen LogP) is 2.81. The van der Waals surface area contributed by atoms with Gasteiger partial charge in [-0.1, -0.05) is 0 Å². The molecule has 1 aliphatic rings. The SMILES string of the molecule is CC(C)N1CCCC(Cc2nccs2)C1. The van der Waals surface area contributed by atoms with Crippen LogP contribution in [-0.4, -0.2) is 29.0 Å². The van der Waals surface area contributed by atoms with Crippen LogP contribution < -0.4 is 0 Å². The summed E-state index contributed by atoms with van der Waals surface area (Å²) < 4.78 is 0. The van der Waals surface area contributed by atoms with E-state index in [1.165, 1.54) is 37.4 Å². The summed E-state index contributed by atoms with van der Waals surface area (Å²) in [5.74, 6) is 0.826. The van der Waals surface area contributed by atoms with E-state index >= 15 is 0 Å². The molecule has 1 fully saturated rings. The summed E-state index contributed by atoms with van der Waals surface area (Å²) in [5.41, 5.74) is 0. The monoisotopic (exact) mass is 224 g/mol. The number of hydrogen-bond donors (Lipinski definition) is 0. The Morgan fingerprint density at radius 1 is 1.60 bits per heavy atom. The van der Waals surface area contributed by atoms with Crippen LogP contribution in [0.5, 0.6) is 0 Å². The Morgan fingerprint density at radius 3 is 3.13 bits per heavy atom. The summed E-state index contributed by atoms with van der Waals surface area (Å²) in [6.07, 6.45) is 5.83. The van der Waals surface area contributed by atoms with Crippen molar-refractivity contribution in [1.82, 2.24) is 9.88 Å². The number of aromatic nitrogens is 1. The molecule has 1 aromatic heterocycles. The number of thiazole rings is 1. The molecule has 15 heavy (non-hydrogen) atoms. The summed E-state index contributed by atoms with van der Waals surface area (Å²) in [6, 6.07) is 0.698. The lowest BCUT2D eigenvalue weighted by molar-refractivity contribution is 0.139. The van der Waals surface area contributed by atoms with Crippen LogP contribution in [-0.2, 0) is 6.42 Å². The maximum atomic E-state index is 4.38. The number of hydrogen-bond acceptors (Lipinski definition) is 3. The zero-order chi connectivity index (χ0) is 10.7. The number of nitrogens with zero attached hydrogens (tertiary/aromatic N) is 2. The molecule has 84 valence electrons. The van der Waals surface area contributed by atoms with E-state index in [0.717, 1.165) is 5.92 Å². The van der Waals surface area contributed by atoms with E-state index in [1.54, 1.807) is 11.3 Å². The van der Waals surface area contributed by atoms with Gasteiger partial charge in [0.1, 0.15) is 0 Å². The van der Waals surface area contributed by atoms with Gasteiger partial charge < -0.3 is 4.90 Å². The van der Waals surface area contributed by atoms with Crippen molar-refractivity contribution in [2.45, 2.75) is 39.2 Å². The Kier molecular flexibility index (Phi) is 3.76. The molecule has 2 heterocycles. The Hall–Kier alpha value is -0.410. The van der Waals surface area contributed by atoms with Gasteiger partial charge in [0.15, 0.2) is 0 Å². The predicted molar refractivity (Wildman–Crippen MR) is 65.3 cm³/mol.